The molecule has 2 rings (SSSR count). The van der Waals surface area contributed by atoms with Crippen LogP contribution in [0.15, 0.2) is 6.07 Å². The van der Waals surface area contributed by atoms with Gasteiger partial charge in [0.15, 0.2) is 0 Å². The summed E-state index contributed by atoms with van der Waals surface area (Å²) < 4.78 is 0. The van der Waals surface area contributed by atoms with Crippen molar-refractivity contribution in [2.45, 2.75) is 44.6 Å². The molecule has 6 nitrogen and oxygen atoms in total. The summed E-state index contributed by atoms with van der Waals surface area (Å²) in [6.45, 7) is 4.39. The van der Waals surface area contributed by atoms with Crippen LogP contribution in [0.25, 0.3) is 0 Å². The second-order valence-electron chi connectivity index (χ2n) is 5.70. The van der Waals surface area contributed by atoms with Crippen molar-refractivity contribution in [2.75, 3.05) is 30.4 Å². The molecule has 1 heterocycles. The van der Waals surface area contributed by atoms with Gasteiger partial charge in [-0.2, -0.15) is 0 Å². The van der Waals surface area contributed by atoms with Crippen molar-refractivity contribution >= 4 is 11.6 Å². The first-order valence-electron chi connectivity index (χ1n) is 7.23. The van der Waals surface area contributed by atoms with Crippen LogP contribution in [0.5, 0.6) is 0 Å². The fraction of sp³-hybridized carbons (Fsp3) is 0.714. The normalized spacial score (nSPS) is 15.2. The van der Waals surface area contributed by atoms with Gasteiger partial charge in [-0.05, 0) is 26.2 Å². The summed E-state index contributed by atoms with van der Waals surface area (Å²) in [5, 5.41) is 25.1. The number of aliphatic hydroxyl groups excluding tert-OH is 2. The molecule has 0 unspecified atom stereocenters. The lowest BCUT2D eigenvalue weighted by Crippen LogP contribution is -2.42. The van der Waals surface area contributed by atoms with E-state index in [0.717, 1.165) is 37.4 Å². The lowest BCUT2D eigenvalue weighted by Gasteiger charge is -2.27. The van der Waals surface area contributed by atoms with E-state index in [2.05, 4.69) is 27.5 Å². The number of nitrogens with one attached hydrogen (secondary N) is 2. The predicted octanol–water partition coefficient (Wildman–Crippen LogP) is 1.33. The van der Waals surface area contributed by atoms with Crippen molar-refractivity contribution in [3.05, 3.63) is 11.9 Å². The first-order valence-corrected chi connectivity index (χ1v) is 7.23. The quantitative estimate of drug-likeness (QED) is 0.574. The van der Waals surface area contributed by atoms with Gasteiger partial charge in [-0.1, -0.05) is 6.92 Å². The lowest BCUT2D eigenvalue weighted by molar-refractivity contribution is 0.147. The summed E-state index contributed by atoms with van der Waals surface area (Å²) >= 11 is 0. The summed E-state index contributed by atoms with van der Waals surface area (Å²) in [5.41, 5.74) is -0.781. The summed E-state index contributed by atoms with van der Waals surface area (Å²) in [7, 11) is 0. The Bertz CT molecular complexity index is 445. The number of aliphatic hydroxyl groups is 2. The Hall–Kier alpha value is -1.40. The minimum absolute atomic E-state index is 0.163. The topological polar surface area (TPSA) is 90.3 Å². The highest BCUT2D eigenvalue weighted by atomic mass is 16.3. The maximum absolute atomic E-state index is 9.37. The molecule has 0 spiro atoms. The Morgan fingerprint density at radius 2 is 1.90 bits per heavy atom. The summed E-state index contributed by atoms with van der Waals surface area (Å²) in [6.07, 6.45) is 3.29. The molecule has 0 atom stereocenters. The zero-order chi connectivity index (χ0) is 14.6. The number of aromatic nitrogens is 2. The Morgan fingerprint density at radius 1 is 1.25 bits per heavy atom. The first-order chi connectivity index (χ1) is 9.60. The zero-order valence-corrected chi connectivity index (χ0v) is 12.2. The van der Waals surface area contributed by atoms with Crippen LogP contribution in [0, 0.1) is 0 Å². The molecule has 1 aliphatic rings. The molecular weight excluding hydrogens is 256 g/mol. The van der Waals surface area contributed by atoms with Gasteiger partial charge in [0.2, 0.25) is 0 Å². The molecule has 0 amide bonds. The van der Waals surface area contributed by atoms with Crippen LogP contribution >= 0.6 is 0 Å². The molecule has 0 radical (unpaired) electrons. The van der Waals surface area contributed by atoms with Crippen LogP contribution in [0.2, 0.25) is 0 Å². The van der Waals surface area contributed by atoms with Gasteiger partial charge < -0.3 is 20.8 Å². The maximum atomic E-state index is 9.37. The van der Waals surface area contributed by atoms with Gasteiger partial charge in [0.05, 0.1) is 18.8 Å². The van der Waals surface area contributed by atoms with Crippen LogP contribution in [-0.4, -0.2) is 45.5 Å². The van der Waals surface area contributed by atoms with Crippen LogP contribution in [-0.2, 0) is 0 Å². The van der Waals surface area contributed by atoms with Crippen molar-refractivity contribution in [2.24, 2.45) is 0 Å². The van der Waals surface area contributed by atoms with E-state index in [4.69, 9.17) is 0 Å². The lowest BCUT2D eigenvalue weighted by atomic mass is 10.1. The van der Waals surface area contributed by atoms with Crippen molar-refractivity contribution in [1.82, 2.24) is 9.97 Å². The van der Waals surface area contributed by atoms with Crippen molar-refractivity contribution < 1.29 is 10.2 Å². The monoisotopic (exact) mass is 280 g/mol. The minimum Gasteiger partial charge on any atom is -0.394 e. The molecule has 4 N–H and O–H groups in total. The predicted molar refractivity (Wildman–Crippen MR) is 79.0 cm³/mol. The van der Waals surface area contributed by atoms with Crippen LogP contribution in [0.1, 0.15) is 44.9 Å². The van der Waals surface area contributed by atoms with E-state index < -0.39 is 5.54 Å². The van der Waals surface area contributed by atoms with Crippen LogP contribution in [0.4, 0.5) is 11.6 Å². The largest absolute Gasteiger partial charge is 0.394 e. The molecule has 112 valence electrons. The molecule has 0 bridgehead atoms. The highest BCUT2D eigenvalue weighted by molar-refractivity contribution is 5.49. The smallest absolute Gasteiger partial charge is 0.136 e. The zero-order valence-electron chi connectivity index (χ0n) is 12.2. The Kier molecular flexibility index (Phi) is 4.77. The SMILES string of the molecule is CCCNc1cc(NC(C)(CO)CO)nc(C2CC2)n1. The molecule has 1 aromatic heterocycles. The van der Waals surface area contributed by atoms with Gasteiger partial charge in [0.1, 0.15) is 17.5 Å². The highest BCUT2D eigenvalue weighted by Gasteiger charge is 2.29. The van der Waals surface area contributed by atoms with Crippen molar-refractivity contribution in [1.29, 1.82) is 0 Å². The van der Waals surface area contributed by atoms with E-state index in [1.807, 2.05) is 6.07 Å². The fourth-order valence-corrected chi connectivity index (χ4v) is 1.84. The molecule has 1 fully saturated rings. The molecule has 20 heavy (non-hydrogen) atoms. The number of hydrogen-bond donors (Lipinski definition) is 4. The number of anilines is 2. The molecule has 6 heteroatoms. The van der Waals surface area contributed by atoms with Gasteiger partial charge >= 0.3 is 0 Å². The number of nitrogens with zero attached hydrogens (tertiary/aromatic N) is 2. The summed E-state index contributed by atoms with van der Waals surface area (Å²) in [6, 6.07) is 1.82. The standard InChI is InChI=1S/C14H24N4O2/c1-3-6-15-11-7-12(18-14(2,8-19)9-20)17-13(16-11)10-4-5-10/h7,10,19-20H,3-6,8-9H2,1-2H3,(H2,15,16,17,18). The first kappa shape index (κ1) is 15.0. The Morgan fingerprint density at radius 3 is 2.45 bits per heavy atom. The second-order valence-corrected chi connectivity index (χ2v) is 5.70. The van der Waals surface area contributed by atoms with E-state index in [1.165, 1.54) is 0 Å². The Labute approximate surface area is 119 Å². The van der Waals surface area contributed by atoms with Gasteiger partial charge in [-0.15, -0.1) is 0 Å². The van der Waals surface area contributed by atoms with Crippen molar-refractivity contribution in [3.63, 3.8) is 0 Å². The molecule has 1 aromatic rings. The molecule has 1 saturated carbocycles. The number of rotatable bonds is 8. The summed E-state index contributed by atoms with van der Waals surface area (Å²) in [5.74, 6) is 2.73. The van der Waals surface area contributed by atoms with Gasteiger partial charge in [-0.3, -0.25) is 0 Å². The van der Waals surface area contributed by atoms with E-state index in [9.17, 15) is 10.2 Å². The molecule has 0 saturated heterocycles. The van der Waals surface area contributed by atoms with Gasteiger partial charge in [0.25, 0.3) is 0 Å². The Balaban J connectivity index is 2.19. The third-order valence-electron chi connectivity index (χ3n) is 3.37. The second kappa shape index (κ2) is 6.37. The third-order valence-corrected chi connectivity index (χ3v) is 3.37. The van der Waals surface area contributed by atoms with Gasteiger partial charge in [-0.25, -0.2) is 9.97 Å². The van der Waals surface area contributed by atoms with E-state index in [0.29, 0.717) is 11.7 Å². The molecule has 1 aliphatic carbocycles. The average molecular weight is 280 g/mol. The van der Waals surface area contributed by atoms with Crippen LogP contribution < -0.4 is 10.6 Å². The maximum Gasteiger partial charge on any atom is 0.136 e. The van der Waals surface area contributed by atoms with Crippen molar-refractivity contribution in [3.8, 4) is 0 Å². The van der Waals surface area contributed by atoms with Crippen LogP contribution in [0.3, 0.4) is 0 Å². The molecular formula is C14H24N4O2. The van der Waals surface area contributed by atoms with E-state index >= 15 is 0 Å². The van der Waals surface area contributed by atoms with Gasteiger partial charge in [0, 0.05) is 18.5 Å². The molecule has 0 aromatic carbocycles. The highest BCUT2D eigenvalue weighted by Crippen LogP contribution is 2.39. The average Bonchev–Trinajstić information content (AvgIpc) is 3.29. The molecule has 0 aliphatic heterocycles. The minimum atomic E-state index is -0.781. The third kappa shape index (κ3) is 3.80. The van der Waals surface area contributed by atoms with E-state index in [-0.39, 0.29) is 13.2 Å². The van der Waals surface area contributed by atoms with E-state index in [1.54, 1.807) is 6.92 Å². The fourth-order valence-electron chi connectivity index (χ4n) is 1.84. The number of hydrogen-bond acceptors (Lipinski definition) is 6. The summed E-state index contributed by atoms with van der Waals surface area (Å²) in [4.78, 5) is 9.03.